The van der Waals surface area contributed by atoms with Crippen molar-refractivity contribution in [2.45, 2.75) is 17.3 Å². The molecule has 3 heterocycles. The van der Waals surface area contributed by atoms with Gasteiger partial charge in [-0.2, -0.15) is 0 Å². The SMILES string of the molecule is CC(Sc1nnc(-c2cccnc2)n1-c1ccccc1)C(=O)Nc1ccc(N2CCOCC2)cc1. The average molecular weight is 487 g/mol. The minimum atomic E-state index is -0.387. The fraction of sp³-hybridized carbons (Fsp3) is 0.231. The number of nitrogens with one attached hydrogen (secondary N) is 1. The highest BCUT2D eigenvalue weighted by Crippen LogP contribution is 2.30. The van der Waals surface area contributed by atoms with Gasteiger partial charge in [0.05, 0.1) is 18.5 Å². The Bertz CT molecular complexity index is 1260. The molecule has 1 amide bonds. The fourth-order valence-electron chi connectivity index (χ4n) is 3.87. The quantitative estimate of drug-likeness (QED) is 0.390. The number of para-hydroxylation sites is 1. The largest absolute Gasteiger partial charge is 0.378 e. The summed E-state index contributed by atoms with van der Waals surface area (Å²) in [5.41, 5.74) is 3.67. The van der Waals surface area contributed by atoms with Crippen LogP contribution in [0.4, 0.5) is 11.4 Å². The molecular formula is C26H26N6O2S. The molecule has 1 atom stereocenters. The van der Waals surface area contributed by atoms with E-state index in [2.05, 4.69) is 25.4 Å². The molecule has 1 fully saturated rings. The molecule has 1 N–H and O–H groups in total. The van der Waals surface area contributed by atoms with Crippen LogP contribution in [-0.4, -0.2) is 57.2 Å². The molecule has 1 aliphatic heterocycles. The van der Waals surface area contributed by atoms with Crippen LogP contribution in [0.5, 0.6) is 0 Å². The van der Waals surface area contributed by atoms with Gasteiger partial charge < -0.3 is 15.0 Å². The average Bonchev–Trinajstić information content (AvgIpc) is 3.34. The molecule has 0 radical (unpaired) electrons. The Hall–Kier alpha value is -3.69. The van der Waals surface area contributed by atoms with Crippen LogP contribution in [-0.2, 0) is 9.53 Å². The molecule has 1 aliphatic rings. The second-order valence-electron chi connectivity index (χ2n) is 8.11. The van der Waals surface area contributed by atoms with Gasteiger partial charge in [0.25, 0.3) is 0 Å². The maximum Gasteiger partial charge on any atom is 0.237 e. The van der Waals surface area contributed by atoms with Crippen molar-refractivity contribution >= 4 is 29.0 Å². The van der Waals surface area contributed by atoms with Crippen LogP contribution < -0.4 is 10.2 Å². The number of morpholine rings is 1. The normalized spacial score (nSPS) is 14.5. The molecule has 178 valence electrons. The predicted octanol–water partition coefficient (Wildman–Crippen LogP) is 4.29. The van der Waals surface area contributed by atoms with Gasteiger partial charge in [0.1, 0.15) is 0 Å². The summed E-state index contributed by atoms with van der Waals surface area (Å²) in [6, 6.07) is 21.6. The van der Waals surface area contributed by atoms with Crippen LogP contribution in [0.1, 0.15) is 6.92 Å². The van der Waals surface area contributed by atoms with E-state index in [0.29, 0.717) is 11.0 Å². The summed E-state index contributed by atoms with van der Waals surface area (Å²) >= 11 is 1.37. The molecular weight excluding hydrogens is 460 g/mol. The third-order valence-corrected chi connectivity index (χ3v) is 6.77. The Morgan fingerprint density at radius 2 is 1.74 bits per heavy atom. The van der Waals surface area contributed by atoms with Crippen LogP contribution in [0.15, 0.2) is 84.3 Å². The molecule has 35 heavy (non-hydrogen) atoms. The third-order valence-electron chi connectivity index (χ3n) is 5.73. The molecule has 5 rings (SSSR count). The summed E-state index contributed by atoms with van der Waals surface area (Å²) < 4.78 is 7.38. The van der Waals surface area contributed by atoms with E-state index in [9.17, 15) is 4.79 Å². The smallest absolute Gasteiger partial charge is 0.237 e. The molecule has 4 aromatic rings. The first-order chi connectivity index (χ1) is 17.2. The van der Waals surface area contributed by atoms with Crippen molar-refractivity contribution < 1.29 is 9.53 Å². The number of amides is 1. The monoisotopic (exact) mass is 486 g/mol. The number of hydrogen-bond acceptors (Lipinski definition) is 7. The number of ether oxygens (including phenoxy) is 1. The van der Waals surface area contributed by atoms with Gasteiger partial charge in [-0.15, -0.1) is 10.2 Å². The highest BCUT2D eigenvalue weighted by Gasteiger charge is 2.22. The summed E-state index contributed by atoms with van der Waals surface area (Å²) in [4.78, 5) is 19.5. The molecule has 8 nitrogen and oxygen atoms in total. The summed E-state index contributed by atoms with van der Waals surface area (Å²) in [5, 5.41) is 12.1. The van der Waals surface area contributed by atoms with Gasteiger partial charge in [-0.25, -0.2) is 0 Å². The van der Waals surface area contributed by atoms with Gasteiger partial charge in [-0.3, -0.25) is 14.3 Å². The Morgan fingerprint density at radius 1 is 0.971 bits per heavy atom. The number of hydrogen-bond donors (Lipinski definition) is 1. The lowest BCUT2D eigenvalue weighted by molar-refractivity contribution is -0.115. The molecule has 0 aliphatic carbocycles. The predicted molar refractivity (Wildman–Crippen MR) is 138 cm³/mol. The van der Waals surface area contributed by atoms with Gasteiger partial charge in [0, 0.05) is 48.1 Å². The zero-order chi connectivity index (χ0) is 24.0. The number of benzene rings is 2. The Labute approximate surface area is 208 Å². The molecule has 2 aromatic carbocycles. The number of nitrogens with zero attached hydrogens (tertiary/aromatic N) is 5. The van der Waals surface area contributed by atoms with E-state index in [0.717, 1.165) is 48.9 Å². The highest BCUT2D eigenvalue weighted by atomic mass is 32.2. The molecule has 0 bridgehead atoms. The summed E-state index contributed by atoms with van der Waals surface area (Å²) in [6.07, 6.45) is 3.48. The molecule has 9 heteroatoms. The lowest BCUT2D eigenvalue weighted by Crippen LogP contribution is -2.36. The van der Waals surface area contributed by atoms with Gasteiger partial charge in [-0.05, 0) is 55.5 Å². The molecule has 0 spiro atoms. The van der Waals surface area contributed by atoms with E-state index in [-0.39, 0.29) is 11.2 Å². The Kier molecular flexibility index (Phi) is 7.06. The molecule has 1 unspecified atom stereocenters. The van der Waals surface area contributed by atoms with E-state index in [1.54, 1.807) is 12.4 Å². The van der Waals surface area contributed by atoms with E-state index in [4.69, 9.17) is 4.74 Å². The van der Waals surface area contributed by atoms with Crippen molar-refractivity contribution in [3.8, 4) is 17.1 Å². The first-order valence-corrected chi connectivity index (χ1v) is 12.4. The minimum absolute atomic E-state index is 0.0975. The molecule has 0 saturated carbocycles. The maximum absolute atomic E-state index is 13.0. The van der Waals surface area contributed by atoms with Crippen molar-refractivity contribution in [1.82, 2.24) is 19.7 Å². The van der Waals surface area contributed by atoms with Gasteiger partial charge >= 0.3 is 0 Å². The number of rotatable bonds is 7. The van der Waals surface area contributed by atoms with Crippen LogP contribution >= 0.6 is 11.8 Å². The number of anilines is 2. The van der Waals surface area contributed by atoms with Crippen molar-refractivity contribution in [2.75, 3.05) is 36.5 Å². The second kappa shape index (κ2) is 10.7. The van der Waals surface area contributed by atoms with Crippen LogP contribution in [0, 0.1) is 0 Å². The molecule has 2 aromatic heterocycles. The van der Waals surface area contributed by atoms with E-state index >= 15 is 0 Å². The zero-order valence-corrected chi connectivity index (χ0v) is 20.2. The number of carbonyl (C=O) groups is 1. The lowest BCUT2D eigenvalue weighted by Gasteiger charge is -2.28. The topological polar surface area (TPSA) is 85.2 Å². The Balaban J connectivity index is 1.32. The standard InChI is InChI=1S/C26H26N6O2S/c1-19(25(33)28-21-9-11-22(12-10-21)31-14-16-34-17-15-31)35-26-30-29-24(20-6-5-13-27-18-20)32(26)23-7-3-2-4-8-23/h2-13,18-19H,14-17H2,1H3,(H,28,33). The summed E-state index contributed by atoms with van der Waals surface area (Å²) in [5.74, 6) is 0.581. The number of aromatic nitrogens is 4. The van der Waals surface area contributed by atoms with E-state index in [1.165, 1.54) is 11.8 Å². The van der Waals surface area contributed by atoms with Gasteiger partial charge in [-0.1, -0.05) is 30.0 Å². The second-order valence-corrected chi connectivity index (χ2v) is 9.42. The first-order valence-electron chi connectivity index (χ1n) is 11.5. The zero-order valence-electron chi connectivity index (χ0n) is 19.4. The van der Waals surface area contributed by atoms with Crippen LogP contribution in [0.25, 0.3) is 17.1 Å². The number of thioether (sulfide) groups is 1. The van der Waals surface area contributed by atoms with Crippen LogP contribution in [0.2, 0.25) is 0 Å². The van der Waals surface area contributed by atoms with Crippen molar-refractivity contribution in [3.05, 3.63) is 79.1 Å². The number of carbonyl (C=O) groups excluding carboxylic acids is 1. The van der Waals surface area contributed by atoms with Crippen molar-refractivity contribution in [3.63, 3.8) is 0 Å². The lowest BCUT2D eigenvalue weighted by atomic mass is 10.2. The summed E-state index contributed by atoms with van der Waals surface area (Å²) in [7, 11) is 0. The highest BCUT2D eigenvalue weighted by molar-refractivity contribution is 8.00. The Morgan fingerprint density at radius 3 is 2.46 bits per heavy atom. The van der Waals surface area contributed by atoms with Crippen molar-refractivity contribution in [2.24, 2.45) is 0 Å². The van der Waals surface area contributed by atoms with Crippen molar-refractivity contribution in [1.29, 1.82) is 0 Å². The van der Waals surface area contributed by atoms with E-state index in [1.807, 2.05) is 78.2 Å². The molecule has 1 saturated heterocycles. The van der Waals surface area contributed by atoms with E-state index < -0.39 is 0 Å². The number of pyridine rings is 1. The fourth-order valence-corrected chi connectivity index (χ4v) is 4.74. The maximum atomic E-state index is 13.0. The van der Waals surface area contributed by atoms with Gasteiger partial charge in [0.2, 0.25) is 5.91 Å². The minimum Gasteiger partial charge on any atom is -0.378 e. The third kappa shape index (κ3) is 5.36. The van der Waals surface area contributed by atoms with Crippen LogP contribution in [0.3, 0.4) is 0 Å². The summed E-state index contributed by atoms with van der Waals surface area (Å²) in [6.45, 7) is 5.10. The van der Waals surface area contributed by atoms with Gasteiger partial charge in [0.15, 0.2) is 11.0 Å². The first kappa shape index (κ1) is 23.1.